The maximum absolute atomic E-state index is 12.0. The van der Waals surface area contributed by atoms with E-state index in [2.05, 4.69) is 12.2 Å². The van der Waals surface area contributed by atoms with Crippen LogP contribution in [0.1, 0.15) is 39.0 Å². The Bertz CT molecular complexity index is 330. The quantitative estimate of drug-likeness (QED) is 0.730. The smallest absolute Gasteiger partial charge is 0.216 e. The highest BCUT2D eigenvalue weighted by molar-refractivity contribution is 7.90. The second-order valence-corrected chi connectivity index (χ2v) is 7.50. The molecule has 0 amide bonds. The molecule has 0 aromatic heterocycles. The summed E-state index contributed by atoms with van der Waals surface area (Å²) in [6.45, 7) is 5.75. The minimum Gasteiger partial charge on any atom is -0.316 e. The van der Waals surface area contributed by atoms with Crippen molar-refractivity contribution < 1.29 is 8.42 Å². The zero-order chi connectivity index (χ0) is 12.3. The highest BCUT2D eigenvalue weighted by Crippen LogP contribution is 2.32. The second-order valence-electron chi connectivity index (χ2n) is 5.29. The lowest BCUT2D eigenvalue weighted by Gasteiger charge is -2.31. The SMILES string of the molecule is CCCNCC1CCN(S(=O)(=O)C2CC2)CC1. The Morgan fingerprint density at radius 1 is 1.18 bits per heavy atom. The number of nitrogens with zero attached hydrogens (tertiary/aromatic N) is 1. The minimum atomic E-state index is -2.92. The Morgan fingerprint density at radius 2 is 1.82 bits per heavy atom. The van der Waals surface area contributed by atoms with E-state index in [0.717, 1.165) is 58.3 Å². The third kappa shape index (κ3) is 3.42. The van der Waals surface area contributed by atoms with Crippen LogP contribution in [0.4, 0.5) is 0 Å². The van der Waals surface area contributed by atoms with Crippen LogP contribution in [-0.4, -0.2) is 44.2 Å². The summed E-state index contributed by atoms with van der Waals surface area (Å²) in [5.74, 6) is 0.659. The van der Waals surface area contributed by atoms with E-state index < -0.39 is 10.0 Å². The van der Waals surface area contributed by atoms with E-state index in [1.165, 1.54) is 0 Å². The first-order valence-electron chi connectivity index (χ1n) is 6.84. The molecule has 0 unspecified atom stereocenters. The molecule has 0 radical (unpaired) electrons. The molecule has 2 aliphatic rings. The van der Waals surface area contributed by atoms with Gasteiger partial charge in [0.2, 0.25) is 10.0 Å². The van der Waals surface area contributed by atoms with Crippen molar-refractivity contribution >= 4 is 10.0 Å². The zero-order valence-corrected chi connectivity index (χ0v) is 11.5. The first-order valence-corrected chi connectivity index (χ1v) is 8.34. The summed E-state index contributed by atoms with van der Waals surface area (Å²) < 4.78 is 25.8. The molecule has 1 aliphatic heterocycles. The monoisotopic (exact) mass is 260 g/mol. The molecule has 0 aromatic rings. The first kappa shape index (κ1) is 13.3. The molecule has 1 saturated heterocycles. The summed E-state index contributed by atoms with van der Waals surface area (Å²) in [5.41, 5.74) is 0. The van der Waals surface area contributed by atoms with Gasteiger partial charge in [0.15, 0.2) is 0 Å². The van der Waals surface area contributed by atoms with Gasteiger partial charge in [-0.05, 0) is 51.1 Å². The predicted octanol–water partition coefficient (Wildman–Crippen LogP) is 1.19. The molecule has 1 aliphatic carbocycles. The van der Waals surface area contributed by atoms with Gasteiger partial charge >= 0.3 is 0 Å². The van der Waals surface area contributed by atoms with Crippen LogP contribution >= 0.6 is 0 Å². The molecule has 2 fully saturated rings. The molecular weight excluding hydrogens is 236 g/mol. The molecule has 0 atom stereocenters. The summed E-state index contributed by atoms with van der Waals surface area (Å²) in [7, 11) is -2.92. The third-order valence-corrected chi connectivity index (χ3v) is 6.14. The van der Waals surface area contributed by atoms with E-state index in [1.807, 2.05) is 0 Å². The topological polar surface area (TPSA) is 49.4 Å². The average Bonchev–Trinajstić information content (AvgIpc) is 3.14. The van der Waals surface area contributed by atoms with Crippen LogP contribution in [0.5, 0.6) is 0 Å². The minimum absolute atomic E-state index is 0.0442. The molecule has 100 valence electrons. The fraction of sp³-hybridized carbons (Fsp3) is 1.00. The van der Waals surface area contributed by atoms with Crippen LogP contribution in [0.15, 0.2) is 0 Å². The molecule has 1 saturated carbocycles. The van der Waals surface area contributed by atoms with Gasteiger partial charge in [0.05, 0.1) is 5.25 Å². The van der Waals surface area contributed by atoms with Crippen LogP contribution in [-0.2, 0) is 10.0 Å². The summed E-state index contributed by atoms with van der Waals surface area (Å²) in [6, 6.07) is 0. The van der Waals surface area contributed by atoms with Crippen LogP contribution in [0.3, 0.4) is 0 Å². The van der Waals surface area contributed by atoms with E-state index in [4.69, 9.17) is 0 Å². The van der Waals surface area contributed by atoms with Gasteiger partial charge in [-0.1, -0.05) is 6.92 Å². The fourth-order valence-electron chi connectivity index (χ4n) is 2.43. The highest BCUT2D eigenvalue weighted by atomic mass is 32.2. The molecule has 4 nitrogen and oxygen atoms in total. The normalized spacial score (nSPS) is 24.1. The summed E-state index contributed by atoms with van der Waals surface area (Å²) in [4.78, 5) is 0. The summed E-state index contributed by atoms with van der Waals surface area (Å²) in [6.07, 6.45) is 4.95. The molecular formula is C12H24N2O2S. The Morgan fingerprint density at radius 3 is 2.35 bits per heavy atom. The molecule has 1 heterocycles. The zero-order valence-electron chi connectivity index (χ0n) is 10.7. The summed E-state index contributed by atoms with van der Waals surface area (Å²) >= 11 is 0. The van der Waals surface area contributed by atoms with Crippen LogP contribution in [0, 0.1) is 5.92 Å². The van der Waals surface area contributed by atoms with Gasteiger partial charge in [0.1, 0.15) is 0 Å². The van der Waals surface area contributed by atoms with Gasteiger partial charge in [-0.15, -0.1) is 0 Å². The molecule has 0 bridgehead atoms. The number of piperidine rings is 1. The lowest BCUT2D eigenvalue weighted by molar-refractivity contribution is 0.267. The van der Waals surface area contributed by atoms with Crippen molar-refractivity contribution in [2.24, 2.45) is 5.92 Å². The van der Waals surface area contributed by atoms with Crippen LogP contribution in [0.2, 0.25) is 0 Å². The number of hydrogen-bond acceptors (Lipinski definition) is 3. The highest BCUT2D eigenvalue weighted by Gasteiger charge is 2.40. The maximum Gasteiger partial charge on any atom is 0.216 e. The van der Waals surface area contributed by atoms with Gasteiger partial charge in [0.25, 0.3) is 0 Å². The lowest BCUT2D eigenvalue weighted by atomic mass is 9.98. The number of sulfonamides is 1. The third-order valence-electron chi connectivity index (χ3n) is 3.74. The number of rotatable bonds is 6. The van der Waals surface area contributed by atoms with Crippen molar-refractivity contribution in [2.45, 2.75) is 44.3 Å². The first-order chi connectivity index (χ1) is 8.14. The van der Waals surface area contributed by atoms with E-state index in [1.54, 1.807) is 4.31 Å². The predicted molar refractivity (Wildman–Crippen MR) is 69.4 cm³/mol. The Kier molecular flexibility index (Phi) is 4.44. The van der Waals surface area contributed by atoms with Crippen molar-refractivity contribution in [3.05, 3.63) is 0 Å². The Labute approximate surface area is 105 Å². The van der Waals surface area contributed by atoms with Gasteiger partial charge in [-0.3, -0.25) is 0 Å². The van der Waals surface area contributed by atoms with E-state index in [-0.39, 0.29) is 5.25 Å². The van der Waals surface area contributed by atoms with Crippen molar-refractivity contribution in [1.82, 2.24) is 9.62 Å². The lowest BCUT2D eigenvalue weighted by Crippen LogP contribution is -2.42. The molecule has 17 heavy (non-hydrogen) atoms. The van der Waals surface area contributed by atoms with Gasteiger partial charge in [0, 0.05) is 13.1 Å². The van der Waals surface area contributed by atoms with Gasteiger partial charge < -0.3 is 5.32 Å². The largest absolute Gasteiger partial charge is 0.316 e. The van der Waals surface area contributed by atoms with E-state index >= 15 is 0 Å². The molecule has 2 rings (SSSR count). The van der Waals surface area contributed by atoms with E-state index in [9.17, 15) is 8.42 Å². The molecule has 1 N–H and O–H groups in total. The van der Waals surface area contributed by atoms with Crippen LogP contribution in [0.25, 0.3) is 0 Å². The second kappa shape index (κ2) is 5.67. The van der Waals surface area contributed by atoms with Crippen molar-refractivity contribution in [1.29, 1.82) is 0 Å². The van der Waals surface area contributed by atoms with Crippen molar-refractivity contribution in [3.8, 4) is 0 Å². The average molecular weight is 260 g/mol. The van der Waals surface area contributed by atoms with Crippen molar-refractivity contribution in [3.63, 3.8) is 0 Å². The molecule has 0 spiro atoms. The van der Waals surface area contributed by atoms with Crippen LogP contribution < -0.4 is 5.32 Å². The molecule has 5 heteroatoms. The number of hydrogen-bond donors (Lipinski definition) is 1. The van der Waals surface area contributed by atoms with Crippen molar-refractivity contribution in [2.75, 3.05) is 26.2 Å². The summed E-state index contributed by atoms with van der Waals surface area (Å²) in [5, 5.41) is 3.38. The fourth-order valence-corrected chi connectivity index (χ4v) is 4.30. The Hall–Kier alpha value is -0.130. The van der Waals surface area contributed by atoms with Gasteiger partial charge in [-0.25, -0.2) is 12.7 Å². The Balaban J connectivity index is 1.74. The standard InChI is InChI=1S/C12H24N2O2S/c1-2-7-13-10-11-5-8-14(9-6-11)17(15,16)12-3-4-12/h11-13H,2-10H2,1H3. The maximum atomic E-state index is 12.0. The van der Waals surface area contributed by atoms with E-state index in [0.29, 0.717) is 5.92 Å². The van der Waals surface area contributed by atoms with Gasteiger partial charge in [-0.2, -0.15) is 0 Å². The molecule has 0 aromatic carbocycles. The number of nitrogens with one attached hydrogen (secondary N) is 1.